The lowest BCUT2D eigenvalue weighted by molar-refractivity contribution is -0.145. The van der Waals surface area contributed by atoms with E-state index in [2.05, 4.69) is 0 Å². The van der Waals surface area contributed by atoms with Crippen LogP contribution in [0.2, 0.25) is 0 Å². The quantitative estimate of drug-likeness (QED) is 0.853. The SMILES string of the molecule is CC(C)C(C(=O)O)N(C)C(C)c1ccccc1. The highest BCUT2D eigenvalue weighted by Crippen LogP contribution is 2.23. The van der Waals surface area contributed by atoms with E-state index >= 15 is 0 Å². The molecule has 0 fully saturated rings. The van der Waals surface area contributed by atoms with Crippen molar-refractivity contribution in [3.63, 3.8) is 0 Å². The van der Waals surface area contributed by atoms with Crippen molar-refractivity contribution in [1.29, 1.82) is 0 Å². The van der Waals surface area contributed by atoms with Gasteiger partial charge in [-0.05, 0) is 25.5 Å². The fourth-order valence-electron chi connectivity index (χ4n) is 2.14. The van der Waals surface area contributed by atoms with Crippen LogP contribution in [0.4, 0.5) is 0 Å². The molecule has 1 N–H and O–H groups in total. The van der Waals surface area contributed by atoms with Crippen LogP contribution in [0.1, 0.15) is 32.4 Å². The maximum absolute atomic E-state index is 11.3. The molecule has 1 rings (SSSR count). The number of carboxylic acids is 1. The fourth-order valence-corrected chi connectivity index (χ4v) is 2.14. The summed E-state index contributed by atoms with van der Waals surface area (Å²) in [7, 11) is 1.87. The average Bonchev–Trinajstić information content (AvgIpc) is 2.28. The van der Waals surface area contributed by atoms with Crippen LogP contribution in [-0.2, 0) is 4.79 Å². The van der Waals surface area contributed by atoms with Crippen LogP contribution >= 0.6 is 0 Å². The van der Waals surface area contributed by atoms with Crippen molar-refractivity contribution in [2.75, 3.05) is 7.05 Å². The first kappa shape index (κ1) is 13.7. The van der Waals surface area contributed by atoms with Gasteiger partial charge in [-0.25, -0.2) is 0 Å². The first-order valence-corrected chi connectivity index (χ1v) is 5.94. The van der Waals surface area contributed by atoms with Crippen LogP contribution in [0.25, 0.3) is 0 Å². The van der Waals surface area contributed by atoms with Crippen LogP contribution in [0.5, 0.6) is 0 Å². The highest BCUT2D eigenvalue weighted by molar-refractivity contribution is 5.73. The lowest BCUT2D eigenvalue weighted by atomic mass is 9.99. The summed E-state index contributed by atoms with van der Waals surface area (Å²) in [6.45, 7) is 5.91. The summed E-state index contributed by atoms with van der Waals surface area (Å²) in [5.74, 6) is -0.672. The Morgan fingerprint density at radius 2 is 1.71 bits per heavy atom. The molecule has 0 saturated carbocycles. The average molecular weight is 235 g/mol. The second-order valence-corrected chi connectivity index (χ2v) is 4.78. The number of aliphatic carboxylic acids is 1. The molecule has 0 spiro atoms. The molecule has 0 amide bonds. The van der Waals surface area contributed by atoms with Crippen LogP contribution in [0, 0.1) is 5.92 Å². The molecule has 2 unspecified atom stereocenters. The van der Waals surface area contributed by atoms with Crippen molar-refractivity contribution in [1.82, 2.24) is 4.90 Å². The Morgan fingerprint density at radius 1 is 1.18 bits per heavy atom. The zero-order valence-electron chi connectivity index (χ0n) is 10.9. The number of carbonyl (C=O) groups is 1. The monoisotopic (exact) mass is 235 g/mol. The van der Waals surface area contributed by atoms with Crippen molar-refractivity contribution in [2.24, 2.45) is 5.92 Å². The molecule has 0 radical (unpaired) electrons. The van der Waals surface area contributed by atoms with Crippen molar-refractivity contribution in [2.45, 2.75) is 32.9 Å². The molecule has 0 heterocycles. The summed E-state index contributed by atoms with van der Waals surface area (Å²) < 4.78 is 0. The summed E-state index contributed by atoms with van der Waals surface area (Å²) in [6.07, 6.45) is 0. The largest absolute Gasteiger partial charge is 0.480 e. The minimum absolute atomic E-state index is 0.0867. The third-order valence-electron chi connectivity index (χ3n) is 3.22. The van der Waals surface area contributed by atoms with E-state index in [-0.39, 0.29) is 12.0 Å². The predicted octanol–water partition coefficient (Wildman–Crippen LogP) is 2.79. The number of likely N-dealkylation sites (N-methyl/N-ethyl adjacent to an activating group) is 1. The van der Waals surface area contributed by atoms with E-state index in [9.17, 15) is 9.90 Å². The second kappa shape index (κ2) is 5.82. The van der Waals surface area contributed by atoms with E-state index < -0.39 is 12.0 Å². The van der Waals surface area contributed by atoms with E-state index in [4.69, 9.17) is 0 Å². The molecule has 0 aliphatic rings. The molecule has 94 valence electrons. The van der Waals surface area contributed by atoms with Gasteiger partial charge in [0.25, 0.3) is 0 Å². The normalized spacial score (nSPS) is 14.9. The molecule has 17 heavy (non-hydrogen) atoms. The highest BCUT2D eigenvalue weighted by Gasteiger charge is 2.29. The Morgan fingerprint density at radius 3 is 2.12 bits per heavy atom. The van der Waals surface area contributed by atoms with Crippen LogP contribution in [-0.4, -0.2) is 29.1 Å². The standard InChI is InChI=1S/C14H21NO2/c1-10(2)13(14(16)17)15(4)11(3)12-8-6-5-7-9-12/h5-11,13H,1-4H3,(H,16,17). The molecule has 0 aromatic heterocycles. The third kappa shape index (κ3) is 3.30. The second-order valence-electron chi connectivity index (χ2n) is 4.78. The molecule has 1 aromatic carbocycles. The zero-order chi connectivity index (χ0) is 13.0. The van der Waals surface area contributed by atoms with Gasteiger partial charge in [0.2, 0.25) is 0 Å². The van der Waals surface area contributed by atoms with E-state index in [1.807, 2.05) is 63.1 Å². The highest BCUT2D eigenvalue weighted by atomic mass is 16.4. The number of hydrogen-bond donors (Lipinski definition) is 1. The van der Waals surface area contributed by atoms with Gasteiger partial charge in [-0.2, -0.15) is 0 Å². The fraction of sp³-hybridized carbons (Fsp3) is 0.500. The van der Waals surface area contributed by atoms with Gasteiger partial charge < -0.3 is 5.11 Å². The van der Waals surface area contributed by atoms with Gasteiger partial charge in [0.15, 0.2) is 0 Å². The number of benzene rings is 1. The van der Waals surface area contributed by atoms with Crippen molar-refractivity contribution in [3.8, 4) is 0 Å². The molecule has 0 saturated heterocycles. The minimum Gasteiger partial charge on any atom is -0.480 e. The van der Waals surface area contributed by atoms with Crippen molar-refractivity contribution >= 4 is 5.97 Å². The Labute approximate surface area is 103 Å². The zero-order valence-corrected chi connectivity index (χ0v) is 10.9. The number of carboxylic acid groups (broad SMARTS) is 1. The molecule has 0 aliphatic heterocycles. The third-order valence-corrected chi connectivity index (χ3v) is 3.22. The Hall–Kier alpha value is -1.35. The summed E-state index contributed by atoms with van der Waals surface area (Å²) in [5.41, 5.74) is 1.14. The molecular weight excluding hydrogens is 214 g/mol. The summed E-state index contributed by atoms with van der Waals surface area (Å²) in [6, 6.07) is 9.62. The van der Waals surface area contributed by atoms with Gasteiger partial charge >= 0.3 is 5.97 Å². The van der Waals surface area contributed by atoms with Crippen LogP contribution in [0.15, 0.2) is 30.3 Å². The van der Waals surface area contributed by atoms with Gasteiger partial charge in [0, 0.05) is 6.04 Å². The Kier molecular flexibility index (Phi) is 4.70. The van der Waals surface area contributed by atoms with Crippen LogP contribution < -0.4 is 0 Å². The smallest absolute Gasteiger partial charge is 0.321 e. The van der Waals surface area contributed by atoms with E-state index in [1.54, 1.807) is 0 Å². The molecule has 0 bridgehead atoms. The Balaban J connectivity index is 2.88. The topological polar surface area (TPSA) is 40.5 Å². The molecule has 3 nitrogen and oxygen atoms in total. The molecule has 0 aliphatic carbocycles. The maximum Gasteiger partial charge on any atom is 0.321 e. The first-order chi connectivity index (χ1) is 7.95. The summed E-state index contributed by atoms with van der Waals surface area (Å²) in [4.78, 5) is 13.2. The van der Waals surface area contributed by atoms with Crippen molar-refractivity contribution in [3.05, 3.63) is 35.9 Å². The maximum atomic E-state index is 11.3. The summed E-state index contributed by atoms with van der Waals surface area (Å²) >= 11 is 0. The minimum atomic E-state index is -0.759. The van der Waals surface area contributed by atoms with E-state index in [0.717, 1.165) is 5.56 Å². The number of rotatable bonds is 5. The molecule has 2 atom stereocenters. The number of hydrogen-bond acceptors (Lipinski definition) is 2. The first-order valence-electron chi connectivity index (χ1n) is 5.94. The van der Waals surface area contributed by atoms with E-state index in [0.29, 0.717) is 0 Å². The lowest BCUT2D eigenvalue weighted by Gasteiger charge is -2.33. The Bertz CT molecular complexity index is 362. The summed E-state index contributed by atoms with van der Waals surface area (Å²) in [5, 5.41) is 9.27. The van der Waals surface area contributed by atoms with Gasteiger partial charge in [-0.3, -0.25) is 9.69 Å². The van der Waals surface area contributed by atoms with Gasteiger partial charge in [0.05, 0.1) is 0 Å². The van der Waals surface area contributed by atoms with Gasteiger partial charge in [0.1, 0.15) is 6.04 Å². The molecule has 1 aromatic rings. The van der Waals surface area contributed by atoms with Crippen molar-refractivity contribution < 1.29 is 9.90 Å². The van der Waals surface area contributed by atoms with E-state index in [1.165, 1.54) is 0 Å². The van der Waals surface area contributed by atoms with Crippen LogP contribution in [0.3, 0.4) is 0 Å². The molecule has 3 heteroatoms. The lowest BCUT2D eigenvalue weighted by Crippen LogP contribution is -2.43. The predicted molar refractivity (Wildman–Crippen MR) is 68.9 cm³/mol. The van der Waals surface area contributed by atoms with Gasteiger partial charge in [-0.15, -0.1) is 0 Å². The number of nitrogens with zero attached hydrogens (tertiary/aromatic N) is 1. The molecular formula is C14H21NO2. The van der Waals surface area contributed by atoms with Gasteiger partial charge in [-0.1, -0.05) is 44.2 Å².